The third kappa shape index (κ3) is 2.92. The first-order valence-corrected chi connectivity index (χ1v) is 7.40. The molecule has 0 aromatic rings. The van der Waals surface area contributed by atoms with E-state index < -0.39 is 5.54 Å². The Morgan fingerprint density at radius 1 is 1.50 bits per heavy atom. The zero-order valence-electron chi connectivity index (χ0n) is 10.00. The summed E-state index contributed by atoms with van der Waals surface area (Å²) in [5, 5.41) is 3.87. The maximum absolute atomic E-state index is 11.8. The molecule has 2 saturated carbocycles. The Hall–Kier alpha value is -0.220. The van der Waals surface area contributed by atoms with Crippen LogP contribution in [0.1, 0.15) is 45.4 Å². The van der Waals surface area contributed by atoms with E-state index in [1.807, 2.05) is 11.8 Å². The van der Waals surface area contributed by atoms with Crippen LogP contribution in [-0.4, -0.2) is 28.5 Å². The molecule has 3 N–H and O–H groups in total. The van der Waals surface area contributed by atoms with Crippen molar-refractivity contribution >= 4 is 17.7 Å². The van der Waals surface area contributed by atoms with Crippen LogP contribution in [0.25, 0.3) is 0 Å². The normalized spacial score (nSPS) is 32.1. The van der Waals surface area contributed by atoms with Crippen molar-refractivity contribution < 1.29 is 4.79 Å². The number of nitrogens with one attached hydrogen (secondary N) is 1. The second kappa shape index (κ2) is 4.96. The summed E-state index contributed by atoms with van der Waals surface area (Å²) in [7, 11) is 0. The zero-order valence-corrected chi connectivity index (χ0v) is 10.8. The third-order valence-electron chi connectivity index (χ3n) is 3.60. The molecule has 0 spiro atoms. The van der Waals surface area contributed by atoms with Gasteiger partial charge in [-0.3, -0.25) is 4.79 Å². The van der Waals surface area contributed by atoms with Gasteiger partial charge in [0.1, 0.15) is 0 Å². The predicted molar refractivity (Wildman–Crippen MR) is 68.5 cm³/mol. The molecule has 16 heavy (non-hydrogen) atoms. The minimum atomic E-state index is -0.509. The van der Waals surface area contributed by atoms with Crippen molar-refractivity contribution in [1.82, 2.24) is 5.32 Å². The van der Waals surface area contributed by atoms with Crippen LogP contribution in [0.2, 0.25) is 0 Å². The van der Waals surface area contributed by atoms with Crippen molar-refractivity contribution in [1.29, 1.82) is 0 Å². The molecule has 2 unspecified atom stereocenters. The first-order valence-electron chi connectivity index (χ1n) is 6.35. The van der Waals surface area contributed by atoms with Crippen LogP contribution >= 0.6 is 11.8 Å². The largest absolute Gasteiger partial charge is 0.352 e. The minimum absolute atomic E-state index is 0.0830. The molecule has 2 aliphatic carbocycles. The van der Waals surface area contributed by atoms with E-state index in [9.17, 15) is 4.79 Å². The molecule has 0 bridgehead atoms. The summed E-state index contributed by atoms with van der Waals surface area (Å²) in [6.45, 7) is 2.20. The van der Waals surface area contributed by atoms with E-state index in [1.165, 1.54) is 18.6 Å². The maximum Gasteiger partial charge on any atom is 0.240 e. The Bertz CT molecular complexity index is 264. The van der Waals surface area contributed by atoms with E-state index in [2.05, 4.69) is 12.2 Å². The molecule has 2 atom stereocenters. The van der Waals surface area contributed by atoms with Gasteiger partial charge in [0.05, 0.1) is 5.54 Å². The van der Waals surface area contributed by atoms with Gasteiger partial charge in [-0.1, -0.05) is 13.3 Å². The summed E-state index contributed by atoms with van der Waals surface area (Å²) < 4.78 is 0. The van der Waals surface area contributed by atoms with Gasteiger partial charge in [-0.15, -0.1) is 0 Å². The fourth-order valence-electron chi connectivity index (χ4n) is 2.35. The number of amides is 1. The van der Waals surface area contributed by atoms with Crippen LogP contribution < -0.4 is 11.1 Å². The fraction of sp³-hybridized carbons (Fsp3) is 0.917. The zero-order chi connectivity index (χ0) is 11.6. The highest BCUT2D eigenvalue weighted by atomic mass is 32.2. The lowest BCUT2D eigenvalue weighted by atomic mass is 9.94. The second-order valence-corrected chi connectivity index (χ2v) is 6.65. The van der Waals surface area contributed by atoms with Gasteiger partial charge in [0.25, 0.3) is 0 Å². The van der Waals surface area contributed by atoms with Gasteiger partial charge < -0.3 is 11.1 Å². The summed E-state index contributed by atoms with van der Waals surface area (Å²) in [4.78, 5) is 11.8. The first kappa shape index (κ1) is 12.2. The molecular formula is C12H22N2OS. The van der Waals surface area contributed by atoms with Crippen molar-refractivity contribution in [3.05, 3.63) is 0 Å². The molecule has 2 fully saturated rings. The van der Waals surface area contributed by atoms with Gasteiger partial charge in [-0.2, -0.15) is 11.8 Å². The van der Waals surface area contributed by atoms with Crippen molar-refractivity contribution in [2.45, 2.75) is 62.3 Å². The summed E-state index contributed by atoms with van der Waals surface area (Å²) in [5.41, 5.74) is 5.37. The minimum Gasteiger partial charge on any atom is -0.352 e. The Balaban J connectivity index is 1.78. The Kier molecular flexibility index (Phi) is 3.80. The highest BCUT2D eigenvalue weighted by molar-refractivity contribution is 7.99. The van der Waals surface area contributed by atoms with Crippen molar-refractivity contribution in [3.63, 3.8) is 0 Å². The molecule has 2 aliphatic rings. The molecule has 0 aromatic heterocycles. The molecule has 0 saturated heterocycles. The molecule has 3 nitrogen and oxygen atoms in total. The Labute approximate surface area is 102 Å². The maximum atomic E-state index is 11.8. The Morgan fingerprint density at radius 2 is 2.25 bits per heavy atom. The van der Waals surface area contributed by atoms with Gasteiger partial charge in [0.15, 0.2) is 0 Å². The molecule has 0 aromatic carbocycles. The summed E-state index contributed by atoms with van der Waals surface area (Å²) >= 11 is 2.02. The van der Waals surface area contributed by atoms with Gasteiger partial charge in [0.2, 0.25) is 5.91 Å². The molecule has 2 rings (SSSR count). The van der Waals surface area contributed by atoms with Crippen LogP contribution in [0.5, 0.6) is 0 Å². The molecule has 0 aliphatic heterocycles. The quantitative estimate of drug-likeness (QED) is 0.788. The molecule has 0 radical (unpaired) electrons. The number of rotatable bonds is 4. The lowest BCUT2D eigenvalue weighted by Crippen LogP contribution is -2.48. The fourth-order valence-corrected chi connectivity index (χ4v) is 3.53. The Morgan fingerprint density at radius 3 is 2.88 bits per heavy atom. The average molecular weight is 242 g/mol. The number of hydrogen-bond donors (Lipinski definition) is 2. The smallest absolute Gasteiger partial charge is 0.240 e. The summed E-state index contributed by atoms with van der Waals surface area (Å²) in [5.74, 6) is 1.26. The van der Waals surface area contributed by atoms with E-state index in [1.54, 1.807) is 0 Å². The standard InChI is InChI=1S/C12H22N2OS/c1-2-16-10-5-3-4-9(8-10)14-11(15)12(13)6-7-12/h9-10H,2-8,13H2,1H3,(H,14,15). The summed E-state index contributed by atoms with van der Waals surface area (Å²) in [6.07, 6.45) is 6.51. The van der Waals surface area contributed by atoms with E-state index in [4.69, 9.17) is 5.73 Å². The highest BCUT2D eigenvalue weighted by Gasteiger charge is 2.46. The second-order valence-electron chi connectivity index (χ2n) is 5.07. The van der Waals surface area contributed by atoms with E-state index in [-0.39, 0.29) is 5.91 Å². The number of carbonyl (C=O) groups is 1. The lowest BCUT2D eigenvalue weighted by molar-refractivity contribution is -0.124. The number of thioether (sulfide) groups is 1. The molecule has 4 heteroatoms. The van der Waals surface area contributed by atoms with Gasteiger partial charge >= 0.3 is 0 Å². The molecule has 0 heterocycles. The van der Waals surface area contributed by atoms with Crippen LogP contribution in [0.4, 0.5) is 0 Å². The first-order chi connectivity index (χ1) is 7.64. The van der Waals surface area contributed by atoms with Crippen molar-refractivity contribution in [3.8, 4) is 0 Å². The SMILES string of the molecule is CCSC1CCCC(NC(=O)C2(N)CC2)C1. The summed E-state index contributed by atoms with van der Waals surface area (Å²) in [6, 6.07) is 0.367. The van der Waals surface area contributed by atoms with Crippen LogP contribution in [-0.2, 0) is 4.79 Å². The van der Waals surface area contributed by atoms with Gasteiger partial charge in [-0.25, -0.2) is 0 Å². The van der Waals surface area contributed by atoms with Gasteiger partial charge in [-0.05, 0) is 37.9 Å². The van der Waals surface area contributed by atoms with Crippen LogP contribution in [0.15, 0.2) is 0 Å². The highest BCUT2D eigenvalue weighted by Crippen LogP contribution is 2.33. The monoisotopic (exact) mass is 242 g/mol. The number of hydrogen-bond acceptors (Lipinski definition) is 3. The van der Waals surface area contributed by atoms with E-state index in [0.29, 0.717) is 6.04 Å². The van der Waals surface area contributed by atoms with E-state index >= 15 is 0 Å². The van der Waals surface area contributed by atoms with Gasteiger partial charge in [0, 0.05) is 11.3 Å². The third-order valence-corrected chi connectivity index (χ3v) is 4.84. The van der Waals surface area contributed by atoms with E-state index in [0.717, 1.165) is 30.9 Å². The molecule has 92 valence electrons. The van der Waals surface area contributed by atoms with Crippen LogP contribution in [0.3, 0.4) is 0 Å². The predicted octanol–water partition coefficient (Wildman–Crippen LogP) is 1.66. The molecular weight excluding hydrogens is 220 g/mol. The van der Waals surface area contributed by atoms with Crippen LogP contribution in [0, 0.1) is 0 Å². The topological polar surface area (TPSA) is 55.1 Å². The number of carbonyl (C=O) groups excluding carboxylic acids is 1. The van der Waals surface area contributed by atoms with Crippen molar-refractivity contribution in [2.24, 2.45) is 5.73 Å². The van der Waals surface area contributed by atoms with Crippen molar-refractivity contribution in [2.75, 3.05) is 5.75 Å². The average Bonchev–Trinajstić information content (AvgIpc) is 2.99. The lowest BCUT2D eigenvalue weighted by Gasteiger charge is -2.30. The number of nitrogens with two attached hydrogens (primary N) is 1. The molecule has 1 amide bonds.